The van der Waals surface area contributed by atoms with Gasteiger partial charge in [0.05, 0.1) is 6.61 Å². The van der Waals surface area contributed by atoms with Gasteiger partial charge in [-0.05, 0) is 49.6 Å². The lowest BCUT2D eigenvalue weighted by Crippen LogP contribution is -2.29. The maximum Gasteiger partial charge on any atom is 0.125 e. The number of hydrogen-bond acceptors (Lipinski definition) is 3. The third-order valence-electron chi connectivity index (χ3n) is 3.66. The minimum absolute atomic E-state index is 0.388. The van der Waals surface area contributed by atoms with Gasteiger partial charge in [0.2, 0.25) is 0 Å². The van der Waals surface area contributed by atoms with E-state index in [9.17, 15) is 0 Å². The van der Waals surface area contributed by atoms with Crippen LogP contribution >= 0.6 is 11.6 Å². The number of benzene rings is 1. The maximum absolute atomic E-state index is 6.20. The van der Waals surface area contributed by atoms with Crippen LogP contribution in [0, 0.1) is 0 Å². The number of likely N-dealkylation sites (N-methyl/N-ethyl adjacent to an activating group) is 1. The molecule has 2 rings (SSSR count). The normalized spacial score (nSPS) is 14.9. The molecule has 1 aromatic rings. The standard InChI is InChI=1S/C16H24ClNO2/c1-3-6-19-7-5-15(18-2)11-13-10-14(17)9-12-4-8-20-16(12)13/h9-10,15,18H,3-8,11H2,1-2H3. The zero-order chi connectivity index (χ0) is 14.4. The van der Waals surface area contributed by atoms with Crippen LogP contribution in [0.25, 0.3) is 0 Å². The van der Waals surface area contributed by atoms with Crippen LogP contribution in [0.1, 0.15) is 30.9 Å². The summed E-state index contributed by atoms with van der Waals surface area (Å²) in [6, 6.07) is 4.44. The Hall–Kier alpha value is -0.770. The average molecular weight is 298 g/mol. The molecule has 1 aliphatic rings. The molecule has 0 spiro atoms. The Labute approximate surface area is 126 Å². The number of halogens is 1. The van der Waals surface area contributed by atoms with Crippen LogP contribution in [-0.4, -0.2) is 32.9 Å². The van der Waals surface area contributed by atoms with Gasteiger partial charge in [0.1, 0.15) is 5.75 Å². The van der Waals surface area contributed by atoms with Gasteiger partial charge in [0.25, 0.3) is 0 Å². The number of nitrogens with one attached hydrogen (secondary N) is 1. The van der Waals surface area contributed by atoms with Crippen molar-refractivity contribution in [3.05, 3.63) is 28.3 Å². The van der Waals surface area contributed by atoms with Gasteiger partial charge in [-0.2, -0.15) is 0 Å². The van der Waals surface area contributed by atoms with Gasteiger partial charge < -0.3 is 14.8 Å². The summed E-state index contributed by atoms with van der Waals surface area (Å²) in [7, 11) is 2.00. The Morgan fingerprint density at radius 3 is 3.00 bits per heavy atom. The molecule has 1 heterocycles. The first-order valence-corrected chi connectivity index (χ1v) is 7.81. The van der Waals surface area contributed by atoms with Gasteiger partial charge in [-0.1, -0.05) is 18.5 Å². The molecule has 112 valence electrons. The highest BCUT2D eigenvalue weighted by atomic mass is 35.5. The zero-order valence-electron chi connectivity index (χ0n) is 12.4. The highest BCUT2D eigenvalue weighted by Gasteiger charge is 2.19. The summed E-state index contributed by atoms with van der Waals surface area (Å²) >= 11 is 6.20. The van der Waals surface area contributed by atoms with E-state index in [4.69, 9.17) is 21.1 Å². The Morgan fingerprint density at radius 1 is 1.40 bits per heavy atom. The predicted octanol–water partition coefficient (Wildman–Crippen LogP) is 3.22. The number of rotatable bonds is 8. The van der Waals surface area contributed by atoms with E-state index >= 15 is 0 Å². The fraction of sp³-hybridized carbons (Fsp3) is 0.625. The Kier molecular flexibility index (Phi) is 6.14. The molecule has 1 atom stereocenters. The van der Waals surface area contributed by atoms with E-state index in [1.807, 2.05) is 19.2 Å². The van der Waals surface area contributed by atoms with Crippen LogP contribution in [0.4, 0.5) is 0 Å². The van der Waals surface area contributed by atoms with Crippen LogP contribution in [0.3, 0.4) is 0 Å². The molecule has 0 radical (unpaired) electrons. The van der Waals surface area contributed by atoms with Crippen molar-refractivity contribution in [3.8, 4) is 5.75 Å². The smallest absolute Gasteiger partial charge is 0.125 e. The molecular formula is C16H24ClNO2. The first kappa shape index (κ1) is 15.6. The average Bonchev–Trinajstić information content (AvgIpc) is 2.90. The van der Waals surface area contributed by atoms with Gasteiger partial charge in [-0.3, -0.25) is 0 Å². The first-order chi connectivity index (χ1) is 9.74. The summed E-state index contributed by atoms with van der Waals surface area (Å²) in [5.74, 6) is 1.05. The summed E-state index contributed by atoms with van der Waals surface area (Å²) in [6.07, 6.45) is 3.96. The van der Waals surface area contributed by atoms with Crippen LogP contribution in [0.15, 0.2) is 12.1 Å². The van der Waals surface area contributed by atoms with Crippen LogP contribution in [-0.2, 0) is 17.6 Å². The third kappa shape index (κ3) is 4.11. The molecule has 1 aromatic carbocycles. The van der Waals surface area contributed by atoms with E-state index in [0.29, 0.717) is 6.04 Å². The van der Waals surface area contributed by atoms with Gasteiger partial charge in [-0.25, -0.2) is 0 Å². The molecule has 0 amide bonds. The summed E-state index contributed by atoms with van der Waals surface area (Å²) in [6.45, 7) is 4.53. The predicted molar refractivity (Wildman–Crippen MR) is 82.9 cm³/mol. The van der Waals surface area contributed by atoms with Crippen molar-refractivity contribution in [2.24, 2.45) is 0 Å². The summed E-state index contributed by atoms with van der Waals surface area (Å²) in [5.41, 5.74) is 2.45. The van der Waals surface area contributed by atoms with Crippen molar-refractivity contribution in [2.45, 2.75) is 38.6 Å². The molecule has 0 bridgehead atoms. The van der Waals surface area contributed by atoms with Gasteiger partial charge in [0, 0.05) is 30.7 Å². The number of hydrogen-bond donors (Lipinski definition) is 1. The largest absolute Gasteiger partial charge is 0.493 e. The van der Waals surface area contributed by atoms with Crippen LogP contribution in [0.2, 0.25) is 5.02 Å². The highest BCUT2D eigenvalue weighted by Crippen LogP contribution is 2.33. The zero-order valence-corrected chi connectivity index (χ0v) is 13.1. The second-order valence-corrected chi connectivity index (χ2v) is 5.68. The molecule has 4 heteroatoms. The topological polar surface area (TPSA) is 30.5 Å². The second-order valence-electron chi connectivity index (χ2n) is 5.24. The molecule has 0 fully saturated rings. The summed E-state index contributed by atoms with van der Waals surface area (Å²) in [5, 5.41) is 4.17. The van der Waals surface area contributed by atoms with Crippen molar-refractivity contribution in [3.63, 3.8) is 0 Å². The van der Waals surface area contributed by atoms with Gasteiger partial charge in [0.15, 0.2) is 0 Å². The highest BCUT2D eigenvalue weighted by molar-refractivity contribution is 6.30. The molecule has 3 nitrogen and oxygen atoms in total. The Balaban J connectivity index is 1.97. The fourth-order valence-corrected chi connectivity index (χ4v) is 2.85. The van der Waals surface area contributed by atoms with E-state index in [1.54, 1.807) is 0 Å². The van der Waals surface area contributed by atoms with E-state index in [2.05, 4.69) is 12.2 Å². The van der Waals surface area contributed by atoms with Crippen LogP contribution < -0.4 is 10.1 Å². The molecule has 0 aliphatic carbocycles. The molecule has 0 aromatic heterocycles. The lowest BCUT2D eigenvalue weighted by Gasteiger charge is -2.18. The maximum atomic E-state index is 6.20. The van der Waals surface area contributed by atoms with E-state index < -0.39 is 0 Å². The molecule has 0 saturated heterocycles. The van der Waals surface area contributed by atoms with Gasteiger partial charge >= 0.3 is 0 Å². The van der Waals surface area contributed by atoms with Crippen molar-refractivity contribution >= 4 is 11.6 Å². The van der Waals surface area contributed by atoms with E-state index in [-0.39, 0.29) is 0 Å². The summed E-state index contributed by atoms with van der Waals surface area (Å²) < 4.78 is 11.3. The summed E-state index contributed by atoms with van der Waals surface area (Å²) in [4.78, 5) is 0. The Bertz CT molecular complexity index is 437. The molecule has 1 unspecified atom stereocenters. The number of ether oxygens (including phenoxy) is 2. The minimum Gasteiger partial charge on any atom is -0.493 e. The van der Waals surface area contributed by atoms with E-state index in [0.717, 1.165) is 56.3 Å². The third-order valence-corrected chi connectivity index (χ3v) is 3.88. The van der Waals surface area contributed by atoms with Crippen LogP contribution in [0.5, 0.6) is 5.75 Å². The van der Waals surface area contributed by atoms with Crippen molar-refractivity contribution in [2.75, 3.05) is 26.9 Å². The minimum atomic E-state index is 0.388. The van der Waals surface area contributed by atoms with Crippen molar-refractivity contribution in [1.82, 2.24) is 5.32 Å². The van der Waals surface area contributed by atoms with Crippen molar-refractivity contribution in [1.29, 1.82) is 0 Å². The van der Waals surface area contributed by atoms with Crippen molar-refractivity contribution < 1.29 is 9.47 Å². The monoisotopic (exact) mass is 297 g/mol. The first-order valence-electron chi connectivity index (χ1n) is 7.43. The fourth-order valence-electron chi connectivity index (χ4n) is 2.58. The van der Waals surface area contributed by atoms with Gasteiger partial charge in [-0.15, -0.1) is 0 Å². The second kappa shape index (κ2) is 7.87. The molecule has 20 heavy (non-hydrogen) atoms. The molecular weight excluding hydrogens is 274 g/mol. The molecule has 0 saturated carbocycles. The quantitative estimate of drug-likeness (QED) is 0.747. The lowest BCUT2D eigenvalue weighted by molar-refractivity contribution is 0.125. The van der Waals surface area contributed by atoms with E-state index in [1.165, 1.54) is 11.1 Å². The Morgan fingerprint density at radius 2 is 2.25 bits per heavy atom. The number of fused-ring (bicyclic) bond motifs is 1. The molecule has 1 N–H and O–H groups in total. The lowest BCUT2D eigenvalue weighted by atomic mass is 10.00. The SMILES string of the molecule is CCCOCCC(Cc1cc(Cl)cc2c1OCC2)NC. The molecule has 1 aliphatic heterocycles.